The van der Waals surface area contributed by atoms with Gasteiger partial charge in [-0.1, -0.05) is 35.5 Å². The van der Waals surface area contributed by atoms with Gasteiger partial charge in [-0.3, -0.25) is 0 Å². The zero-order chi connectivity index (χ0) is 15.2. The van der Waals surface area contributed by atoms with E-state index in [2.05, 4.69) is 10.5 Å². The third-order valence-corrected chi connectivity index (χ3v) is 3.29. The molecule has 4 nitrogen and oxygen atoms in total. The van der Waals surface area contributed by atoms with E-state index < -0.39 is 0 Å². The number of nitrogens with one attached hydrogen (secondary N) is 1. The topological polar surface area (TPSA) is 70.6 Å². The standard InChI is InChI=1S/C16H18FN3O/c1-11(13-5-3-7-15(17)9-13)19-10-12-4-2-6-14(8-12)16(18)20-21/h2-9,11,19,21H,10H2,1H3,(H2,18,20)/t11-/m1/s1. The van der Waals surface area contributed by atoms with Gasteiger partial charge in [0.25, 0.3) is 0 Å². The lowest BCUT2D eigenvalue weighted by molar-refractivity contribution is 0.318. The molecule has 0 fully saturated rings. The summed E-state index contributed by atoms with van der Waals surface area (Å²) in [6, 6.07) is 14.0. The Balaban J connectivity index is 2.03. The lowest BCUT2D eigenvalue weighted by atomic mass is 10.1. The fourth-order valence-corrected chi connectivity index (χ4v) is 2.06. The fourth-order valence-electron chi connectivity index (χ4n) is 2.06. The van der Waals surface area contributed by atoms with Crippen molar-refractivity contribution in [1.29, 1.82) is 0 Å². The molecule has 0 bridgehead atoms. The first-order chi connectivity index (χ1) is 10.1. The van der Waals surface area contributed by atoms with Crippen LogP contribution in [0.3, 0.4) is 0 Å². The monoisotopic (exact) mass is 287 g/mol. The summed E-state index contributed by atoms with van der Waals surface area (Å²) in [6.45, 7) is 2.58. The van der Waals surface area contributed by atoms with Crippen molar-refractivity contribution < 1.29 is 9.60 Å². The lowest BCUT2D eigenvalue weighted by Gasteiger charge is -2.14. The maximum Gasteiger partial charge on any atom is 0.170 e. The van der Waals surface area contributed by atoms with Crippen LogP contribution in [-0.2, 0) is 6.54 Å². The van der Waals surface area contributed by atoms with Gasteiger partial charge in [0.2, 0.25) is 0 Å². The highest BCUT2D eigenvalue weighted by molar-refractivity contribution is 5.97. The molecular formula is C16H18FN3O. The van der Waals surface area contributed by atoms with E-state index >= 15 is 0 Å². The molecule has 2 rings (SSSR count). The van der Waals surface area contributed by atoms with Crippen molar-refractivity contribution >= 4 is 5.84 Å². The van der Waals surface area contributed by atoms with Gasteiger partial charge in [-0.2, -0.15) is 0 Å². The van der Waals surface area contributed by atoms with Gasteiger partial charge >= 0.3 is 0 Å². The molecule has 0 heterocycles. The molecule has 0 aromatic heterocycles. The Labute approximate surface area is 123 Å². The summed E-state index contributed by atoms with van der Waals surface area (Å²) in [4.78, 5) is 0. The van der Waals surface area contributed by atoms with Crippen molar-refractivity contribution in [2.45, 2.75) is 19.5 Å². The molecule has 21 heavy (non-hydrogen) atoms. The molecule has 1 atom stereocenters. The highest BCUT2D eigenvalue weighted by atomic mass is 19.1. The number of amidine groups is 1. The molecule has 0 saturated heterocycles. The van der Waals surface area contributed by atoms with Gasteiger partial charge in [0, 0.05) is 18.2 Å². The first kappa shape index (κ1) is 15.0. The van der Waals surface area contributed by atoms with Crippen molar-refractivity contribution in [3.63, 3.8) is 0 Å². The van der Waals surface area contributed by atoms with E-state index in [9.17, 15) is 4.39 Å². The van der Waals surface area contributed by atoms with Gasteiger partial charge in [0.1, 0.15) is 5.82 Å². The summed E-state index contributed by atoms with van der Waals surface area (Å²) in [5, 5.41) is 15.0. The van der Waals surface area contributed by atoms with Crippen molar-refractivity contribution in [3.8, 4) is 0 Å². The van der Waals surface area contributed by atoms with E-state index in [-0.39, 0.29) is 17.7 Å². The second kappa shape index (κ2) is 6.85. The molecule has 0 saturated carbocycles. The molecule has 0 unspecified atom stereocenters. The SMILES string of the molecule is C[C@@H](NCc1cccc(/C(N)=N/O)c1)c1cccc(F)c1. The summed E-state index contributed by atoms with van der Waals surface area (Å²) in [5.41, 5.74) is 8.12. The minimum absolute atomic E-state index is 0.0215. The quantitative estimate of drug-likeness (QED) is 0.343. The van der Waals surface area contributed by atoms with E-state index in [0.717, 1.165) is 11.1 Å². The van der Waals surface area contributed by atoms with Crippen LogP contribution in [0.4, 0.5) is 4.39 Å². The van der Waals surface area contributed by atoms with E-state index in [4.69, 9.17) is 10.9 Å². The van der Waals surface area contributed by atoms with Gasteiger partial charge in [-0.05, 0) is 36.2 Å². The van der Waals surface area contributed by atoms with Gasteiger partial charge in [0.15, 0.2) is 5.84 Å². The molecule has 0 aliphatic carbocycles. The van der Waals surface area contributed by atoms with Crippen LogP contribution in [-0.4, -0.2) is 11.0 Å². The predicted octanol–water partition coefficient (Wildman–Crippen LogP) is 2.77. The second-order valence-electron chi connectivity index (χ2n) is 4.84. The van der Waals surface area contributed by atoms with E-state index in [1.165, 1.54) is 12.1 Å². The average molecular weight is 287 g/mol. The van der Waals surface area contributed by atoms with Gasteiger partial charge in [0.05, 0.1) is 0 Å². The zero-order valence-corrected chi connectivity index (χ0v) is 11.8. The van der Waals surface area contributed by atoms with Crippen molar-refractivity contribution in [1.82, 2.24) is 5.32 Å². The van der Waals surface area contributed by atoms with Crippen molar-refractivity contribution in [3.05, 3.63) is 71.0 Å². The van der Waals surface area contributed by atoms with Crippen LogP contribution >= 0.6 is 0 Å². The third-order valence-electron chi connectivity index (χ3n) is 3.29. The number of rotatable bonds is 5. The number of oxime groups is 1. The molecule has 0 aliphatic rings. The molecule has 5 heteroatoms. The molecule has 0 aliphatic heterocycles. The molecule has 4 N–H and O–H groups in total. The molecule has 2 aromatic carbocycles. The molecule has 0 amide bonds. The minimum Gasteiger partial charge on any atom is -0.409 e. The number of halogens is 1. The zero-order valence-electron chi connectivity index (χ0n) is 11.8. The fraction of sp³-hybridized carbons (Fsp3) is 0.188. The Kier molecular flexibility index (Phi) is 4.90. The Hall–Kier alpha value is -2.40. The summed E-state index contributed by atoms with van der Waals surface area (Å²) in [5.74, 6) is -0.162. The largest absolute Gasteiger partial charge is 0.409 e. The summed E-state index contributed by atoms with van der Waals surface area (Å²) >= 11 is 0. The van der Waals surface area contributed by atoms with Gasteiger partial charge < -0.3 is 16.3 Å². The number of nitrogens with two attached hydrogens (primary N) is 1. The Morgan fingerprint density at radius 3 is 2.76 bits per heavy atom. The smallest absolute Gasteiger partial charge is 0.170 e. The summed E-state index contributed by atoms with van der Waals surface area (Å²) in [7, 11) is 0. The molecule has 0 radical (unpaired) electrons. The maximum atomic E-state index is 13.2. The minimum atomic E-state index is -0.241. The van der Waals surface area contributed by atoms with Crippen LogP contribution in [0.1, 0.15) is 29.7 Å². The van der Waals surface area contributed by atoms with Crippen LogP contribution in [0.5, 0.6) is 0 Å². The Morgan fingerprint density at radius 2 is 2.05 bits per heavy atom. The van der Waals surface area contributed by atoms with Crippen LogP contribution < -0.4 is 11.1 Å². The average Bonchev–Trinajstić information content (AvgIpc) is 2.52. The van der Waals surface area contributed by atoms with E-state index in [1.807, 2.05) is 31.2 Å². The molecule has 110 valence electrons. The number of hydrogen-bond donors (Lipinski definition) is 3. The maximum absolute atomic E-state index is 13.2. The third kappa shape index (κ3) is 4.03. The van der Waals surface area contributed by atoms with Crippen LogP contribution in [0.2, 0.25) is 0 Å². The van der Waals surface area contributed by atoms with Gasteiger partial charge in [-0.15, -0.1) is 0 Å². The van der Waals surface area contributed by atoms with Crippen LogP contribution in [0.15, 0.2) is 53.7 Å². The first-order valence-corrected chi connectivity index (χ1v) is 6.66. The first-order valence-electron chi connectivity index (χ1n) is 6.66. The summed E-state index contributed by atoms with van der Waals surface area (Å²) in [6.07, 6.45) is 0. The molecular weight excluding hydrogens is 269 g/mol. The normalized spacial score (nSPS) is 13.1. The van der Waals surface area contributed by atoms with Crippen molar-refractivity contribution in [2.24, 2.45) is 10.9 Å². The lowest BCUT2D eigenvalue weighted by Crippen LogP contribution is -2.19. The Morgan fingerprint density at radius 1 is 1.29 bits per heavy atom. The van der Waals surface area contributed by atoms with E-state index in [1.54, 1.807) is 12.1 Å². The molecule has 2 aromatic rings. The van der Waals surface area contributed by atoms with Crippen LogP contribution in [0.25, 0.3) is 0 Å². The second-order valence-corrected chi connectivity index (χ2v) is 4.84. The van der Waals surface area contributed by atoms with Crippen LogP contribution in [0, 0.1) is 5.82 Å². The number of hydrogen-bond acceptors (Lipinski definition) is 3. The summed E-state index contributed by atoms with van der Waals surface area (Å²) < 4.78 is 13.2. The van der Waals surface area contributed by atoms with E-state index in [0.29, 0.717) is 12.1 Å². The van der Waals surface area contributed by atoms with Gasteiger partial charge in [-0.25, -0.2) is 4.39 Å². The molecule has 0 spiro atoms. The predicted molar refractivity (Wildman–Crippen MR) is 80.6 cm³/mol. The highest BCUT2D eigenvalue weighted by Gasteiger charge is 2.06. The Bertz CT molecular complexity index is 643. The number of nitrogens with zero attached hydrogens (tertiary/aromatic N) is 1. The van der Waals surface area contributed by atoms with Crippen molar-refractivity contribution in [2.75, 3.05) is 0 Å². The highest BCUT2D eigenvalue weighted by Crippen LogP contribution is 2.14. The number of benzene rings is 2.